The smallest absolute Gasteiger partial charge is 0.171 e. The second kappa shape index (κ2) is 3.85. The van der Waals surface area contributed by atoms with Gasteiger partial charge in [0.1, 0.15) is 0 Å². The van der Waals surface area contributed by atoms with Crippen molar-refractivity contribution in [3.05, 3.63) is 0 Å². The predicted octanol–water partition coefficient (Wildman–Crippen LogP) is 2.13. The summed E-state index contributed by atoms with van der Waals surface area (Å²) in [5, 5.41) is 9.68. The molecule has 0 saturated carbocycles. The fourth-order valence-corrected chi connectivity index (χ4v) is 1.78. The van der Waals surface area contributed by atoms with E-state index < -0.39 is 16.3 Å². The van der Waals surface area contributed by atoms with Crippen molar-refractivity contribution in [3.8, 4) is 0 Å². The first-order valence-corrected chi connectivity index (χ1v) is 11.4. The lowest BCUT2D eigenvalue weighted by Crippen LogP contribution is -2.40. The van der Waals surface area contributed by atoms with Gasteiger partial charge in [0.15, 0.2) is 8.24 Å². The molecule has 0 aliphatic heterocycles. The molecule has 72 valence electrons. The third-order valence-electron chi connectivity index (χ3n) is 1.49. The molecule has 0 heterocycles. The molecule has 1 unspecified atom stereocenters. The number of hydrogen-bond acceptors (Lipinski definition) is 2. The Kier molecular flexibility index (Phi) is 3.87. The van der Waals surface area contributed by atoms with Crippen LogP contribution in [0.25, 0.3) is 0 Å². The quantitative estimate of drug-likeness (QED) is 0.553. The van der Waals surface area contributed by atoms with Crippen molar-refractivity contribution < 1.29 is 5.11 Å². The van der Waals surface area contributed by atoms with E-state index in [-0.39, 0.29) is 5.73 Å². The van der Waals surface area contributed by atoms with Crippen molar-refractivity contribution in [2.75, 3.05) is 0 Å². The van der Waals surface area contributed by atoms with Crippen LogP contribution in [0.1, 0.15) is 0 Å². The maximum Gasteiger partial charge on any atom is 0.171 e. The SMILES string of the molecule is C[Si](C)(C)N=CC(O)[Si](C)(C)C. The molecule has 0 aliphatic carbocycles. The van der Waals surface area contributed by atoms with Crippen molar-refractivity contribution in [2.45, 2.75) is 45.0 Å². The molecule has 0 aromatic rings. The summed E-state index contributed by atoms with van der Waals surface area (Å²) >= 11 is 0. The highest BCUT2D eigenvalue weighted by Gasteiger charge is 2.23. The second-order valence-corrected chi connectivity index (χ2v) is 15.2. The van der Waals surface area contributed by atoms with Crippen LogP contribution in [0.4, 0.5) is 0 Å². The van der Waals surface area contributed by atoms with Crippen LogP contribution in [0.15, 0.2) is 4.66 Å². The highest BCUT2D eigenvalue weighted by Crippen LogP contribution is 2.07. The third kappa shape index (κ3) is 5.68. The fraction of sp³-hybridized carbons (Fsp3) is 0.875. The molecule has 1 atom stereocenters. The van der Waals surface area contributed by atoms with E-state index >= 15 is 0 Å². The van der Waals surface area contributed by atoms with Crippen LogP contribution in [0, 0.1) is 0 Å². The lowest BCUT2D eigenvalue weighted by Gasteiger charge is -2.21. The Balaban J connectivity index is 4.19. The topological polar surface area (TPSA) is 32.6 Å². The van der Waals surface area contributed by atoms with E-state index in [1.165, 1.54) is 0 Å². The Morgan fingerprint density at radius 2 is 1.50 bits per heavy atom. The standard InChI is InChI=1S/C8H21NOSi2/c1-11(2,3)8(10)7-9-12(4,5)6/h7-8,10H,1-6H3. The van der Waals surface area contributed by atoms with Crippen LogP contribution in [0.5, 0.6) is 0 Å². The molecule has 0 amide bonds. The summed E-state index contributed by atoms with van der Waals surface area (Å²) in [6, 6.07) is 0. The lowest BCUT2D eigenvalue weighted by molar-refractivity contribution is 0.312. The monoisotopic (exact) mass is 203 g/mol. The Morgan fingerprint density at radius 3 is 1.75 bits per heavy atom. The summed E-state index contributed by atoms with van der Waals surface area (Å²) in [5.74, 6) is 0. The van der Waals surface area contributed by atoms with E-state index in [0.29, 0.717) is 0 Å². The number of rotatable bonds is 3. The number of aliphatic hydroxyl groups is 1. The summed E-state index contributed by atoms with van der Waals surface area (Å²) in [5.41, 5.74) is -0.288. The summed E-state index contributed by atoms with van der Waals surface area (Å²) in [6.45, 7) is 12.9. The van der Waals surface area contributed by atoms with Crippen molar-refractivity contribution in [3.63, 3.8) is 0 Å². The fourth-order valence-electron chi connectivity index (χ4n) is 0.518. The molecular formula is C8H21NOSi2. The van der Waals surface area contributed by atoms with Gasteiger partial charge in [-0.1, -0.05) is 19.6 Å². The van der Waals surface area contributed by atoms with Crippen molar-refractivity contribution in [1.82, 2.24) is 0 Å². The van der Waals surface area contributed by atoms with E-state index in [1.54, 1.807) is 6.21 Å². The Hall–Kier alpha value is 0.0638. The molecule has 0 fully saturated rings. The molecule has 0 spiro atoms. The summed E-state index contributed by atoms with van der Waals surface area (Å²) in [6.07, 6.45) is 1.76. The zero-order chi connectivity index (χ0) is 9.99. The zero-order valence-electron chi connectivity index (χ0n) is 9.05. The maximum absolute atomic E-state index is 9.68. The molecule has 1 N–H and O–H groups in total. The zero-order valence-corrected chi connectivity index (χ0v) is 11.0. The van der Waals surface area contributed by atoms with Crippen LogP contribution >= 0.6 is 0 Å². The van der Waals surface area contributed by atoms with Crippen LogP contribution in [-0.4, -0.2) is 33.4 Å². The number of hydrogen-bond donors (Lipinski definition) is 1. The minimum Gasteiger partial charge on any atom is -0.391 e. The lowest BCUT2D eigenvalue weighted by atomic mass is 10.8. The van der Waals surface area contributed by atoms with Gasteiger partial charge in [-0.15, -0.1) is 0 Å². The Labute approximate surface area is 77.8 Å². The first-order chi connectivity index (χ1) is 5.13. The highest BCUT2D eigenvalue weighted by molar-refractivity contribution is 6.80. The highest BCUT2D eigenvalue weighted by atomic mass is 28.3. The molecule has 12 heavy (non-hydrogen) atoms. The van der Waals surface area contributed by atoms with E-state index in [2.05, 4.69) is 43.9 Å². The molecule has 0 saturated heterocycles. The van der Waals surface area contributed by atoms with Gasteiger partial charge in [-0.05, 0) is 19.6 Å². The van der Waals surface area contributed by atoms with Crippen LogP contribution in [-0.2, 0) is 0 Å². The van der Waals surface area contributed by atoms with Crippen LogP contribution in [0.2, 0.25) is 39.3 Å². The van der Waals surface area contributed by atoms with Gasteiger partial charge in [0.2, 0.25) is 0 Å². The largest absolute Gasteiger partial charge is 0.391 e. The summed E-state index contributed by atoms with van der Waals surface area (Å²) < 4.78 is 4.42. The molecule has 0 radical (unpaired) electrons. The van der Waals surface area contributed by atoms with Gasteiger partial charge in [-0.3, -0.25) is 0 Å². The van der Waals surface area contributed by atoms with Gasteiger partial charge in [0, 0.05) is 6.21 Å². The van der Waals surface area contributed by atoms with Gasteiger partial charge >= 0.3 is 0 Å². The summed E-state index contributed by atoms with van der Waals surface area (Å²) in [4.78, 5) is 0. The molecule has 0 bridgehead atoms. The van der Waals surface area contributed by atoms with Crippen molar-refractivity contribution in [1.29, 1.82) is 0 Å². The number of aliphatic hydroxyl groups excluding tert-OH is 1. The van der Waals surface area contributed by atoms with E-state index in [1.807, 2.05) is 0 Å². The third-order valence-corrected chi connectivity index (χ3v) is 4.34. The first kappa shape index (κ1) is 12.1. The van der Waals surface area contributed by atoms with Gasteiger partial charge in [-0.2, -0.15) is 0 Å². The normalized spacial score (nSPS) is 16.9. The van der Waals surface area contributed by atoms with Crippen molar-refractivity contribution in [2.24, 2.45) is 4.66 Å². The molecular weight excluding hydrogens is 182 g/mol. The number of nitrogens with zero attached hydrogens (tertiary/aromatic N) is 1. The molecule has 2 nitrogen and oxygen atoms in total. The van der Waals surface area contributed by atoms with E-state index in [4.69, 9.17) is 0 Å². The molecule has 0 aliphatic rings. The average molecular weight is 203 g/mol. The summed E-state index contributed by atoms with van der Waals surface area (Å²) in [7, 11) is -2.80. The van der Waals surface area contributed by atoms with Gasteiger partial charge < -0.3 is 9.76 Å². The average Bonchev–Trinajstić information content (AvgIpc) is 1.78. The Morgan fingerprint density at radius 1 is 1.08 bits per heavy atom. The van der Waals surface area contributed by atoms with Crippen LogP contribution in [0.3, 0.4) is 0 Å². The predicted molar refractivity (Wildman–Crippen MR) is 61.2 cm³/mol. The van der Waals surface area contributed by atoms with Gasteiger partial charge in [0.05, 0.1) is 13.8 Å². The molecule has 4 heteroatoms. The van der Waals surface area contributed by atoms with Gasteiger partial charge in [-0.25, -0.2) is 0 Å². The minimum absolute atomic E-state index is 0.288. The van der Waals surface area contributed by atoms with E-state index in [9.17, 15) is 5.11 Å². The maximum atomic E-state index is 9.68. The molecule has 0 aromatic heterocycles. The van der Waals surface area contributed by atoms with Gasteiger partial charge in [0.25, 0.3) is 0 Å². The molecule has 0 aromatic carbocycles. The Bertz CT molecular complexity index is 167. The minimum atomic E-state index is -1.43. The van der Waals surface area contributed by atoms with Crippen LogP contribution < -0.4 is 0 Å². The molecule has 0 rings (SSSR count). The van der Waals surface area contributed by atoms with Crippen molar-refractivity contribution >= 4 is 22.5 Å². The second-order valence-electron chi connectivity index (χ2n) is 5.26. The first-order valence-electron chi connectivity index (χ1n) is 4.36. The van der Waals surface area contributed by atoms with E-state index in [0.717, 1.165) is 0 Å².